The summed E-state index contributed by atoms with van der Waals surface area (Å²) in [6.45, 7) is 0. The first-order valence-corrected chi connectivity index (χ1v) is 22.8. The number of rotatable bonds is 12. The number of methoxy groups -OCH3 is 6. The third-order valence-corrected chi connectivity index (χ3v) is 13.9. The molecule has 334 valence electrons. The molecule has 9 aromatic rings. The summed E-state index contributed by atoms with van der Waals surface area (Å²) in [5.74, 6) is 4.72. The lowest BCUT2D eigenvalue weighted by molar-refractivity contribution is 0.414. The Labute approximate surface area is 397 Å². The molecule has 0 atom stereocenters. The van der Waals surface area contributed by atoms with Crippen molar-refractivity contribution in [2.75, 3.05) is 42.7 Å². The Morgan fingerprint density at radius 3 is 0.456 bits per heavy atom. The van der Waals surface area contributed by atoms with Gasteiger partial charge < -0.3 is 28.4 Å². The zero-order valence-corrected chi connectivity index (χ0v) is 38.9. The lowest BCUT2D eigenvalue weighted by atomic mass is 9.59. The monoisotopic (exact) mass is 890 g/mol. The first kappa shape index (κ1) is 42.4. The Kier molecular flexibility index (Phi) is 10.9. The zero-order valence-electron chi connectivity index (χ0n) is 38.9. The maximum atomic E-state index is 5.64. The molecule has 3 aliphatic rings. The van der Waals surface area contributed by atoms with Crippen molar-refractivity contribution in [2.45, 2.75) is 11.8 Å². The summed E-state index contributed by atoms with van der Waals surface area (Å²) in [5, 5.41) is 0. The van der Waals surface area contributed by atoms with Gasteiger partial charge in [-0.3, -0.25) is 0 Å². The topological polar surface area (TPSA) is 55.4 Å². The summed E-state index contributed by atoms with van der Waals surface area (Å²) >= 11 is 0. The van der Waals surface area contributed by atoms with Crippen LogP contribution < -0.4 is 28.4 Å². The third kappa shape index (κ3) is 7.30. The molecular weight excluding hydrogens is 841 g/mol. The molecule has 0 aliphatic heterocycles. The predicted molar refractivity (Wildman–Crippen MR) is 273 cm³/mol. The van der Waals surface area contributed by atoms with Crippen LogP contribution in [0.3, 0.4) is 0 Å². The molecule has 0 saturated carbocycles. The van der Waals surface area contributed by atoms with Crippen molar-refractivity contribution < 1.29 is 28.4 Å². The summed E-state index contributed by atoms with van der Waals surface area (Å²) in [6.07, 6.45) is 0. The van der Waals surface area contributed by atoms with Crippen LogP contribution in [0.15, 0.2) is 182 Å². The van der Waals surface area contributed by atoms with E-state index in [0.29, 0.717) is 0 Å². The number of hydrogen-bond donors (Lipinski definition) is 0. The van der Waals surface area contributed by atoms with E-state index in [1.54, 1.807) is 42.7 Å². The molecule has 0 N–H and O–H groups in total. The molecule has 3 aliphatic carbocycles. The van der Waals surface area contributed by atoms with E-state index in [0.717, 1.165) is 101 Å². The molecule has 0 unspecified atom stereocenters. The molecule has 68 heavy (non-hydrogen) atoms. The van der Waals surface area contributed by atoms with Crippen molar-refractivity contribution in [2.24, 2.45) is 0 Å². The normalized spacial score (nSPS) is 14.0. The fourth-order valence-corrected chi connectivity index (χ4v) is 10.5. The van der Waals surface area contributed by atoms with Crippen molar-refractivity contribution in [3.63, 3.8) is 0 Å². The lowest BCUT2D eigenvalue weighted by Crippen LogP contribution is -2.28. The molecule has 0 aromatic heterocycles. The smallest absolute Gasteiger partial charge is 0.118 e. The highest BCUT2D eigenvalue weighted by Gasteiger charge is 2.43. The molecule has 0 saturated heterocycles. The molecule has 6 nitrogen and oxygen atoms in total. The molecule has 12 rings (SSSR count). The first-order chi connectivity index (χ1) is 33.4. The third-order valence-electron chi connectivity index (χ3n) is 13.9. The second-order valence-corrected chi connectivity index (χ2v) is 17.3. The van der Waals surface area contributed by atoms with E-state index in [1.165, 1.54) is 33.4 Å². The Morgan fingerprint density at radius 2 is 0.338 bits per heavy atom. The second kappa shape index (κ2) is 17.5. The molecule has 6 heteroatoms. The van der Waals surface area contributed by atoms with Gasteiger partial charge in [0, 0.05) is 11.8 Å². The number of ether oxygens (including phenoxy) is 6. The summed E-state index contributed by atoms with van der Waals surface area (Å²) in [6, 6.07) is 65.4. The fraction of sp³-hybridized carbons (Fsp3) is 0.129. The van der Waals surface area contributed by atoms with Crippen LogP contribution >= 0.6 is 0 Å². The standard InChI is InChI=1S/C62H50O6/c1-63-43-19-7-37(8-20-43)49-31-55-56(32-50(49)38-9-21-44(64-2)22-10-38)62-59-35-53(41-15-27-47(67-5)28-16-41)51(39-11-23-45(65-3)24-12-39)33-57(59)61(55)58-34-52(40-13-25-46(66-4)26-14-40)54(36-60(58)62)42-17-29-48(68-6)30-18-42/h7-36,61-62H,1-6H3. The molecule has 0 spiro atoms. The van der Waals surface area contributed by atoms with Gasteiger partial charge in [-0.15, -0.1) is 0 Å². The van der Waals surface area contributed by atoms with E-state index in [2.05, 4.69) is 109 Å². The second-order valence-electron chi connectivity index (χ2n) is 17.3. The summed E-state index contributed by atoms with van der Waals surface area (Å²) in [4.78, 5) is 0. The average molecular weight is 891 g/mol. The van der Waals surface area contributed by atoms with E-state index < -0.39 is 0 Å². The van der Waals surface area contributed by atoms with Crippen molar-refractivity contribution in [1.82, 2.24) is 0 Å². The number of benzene rings is 9. The highest BCUT2D eigenvalue weighted by molar-refractivity contribution is 5.92. The van der Waals surface area contributed by atoms with Gasteiger partial charge in [-0.1, -0.05) is 72.8 Å². The van der Waals surface area contributed by atoms with Crippen LogP contribution in [-0.2, 0) is 0 Å². The molecule has 2 bridgehead atoms. The molecule has 0 heterocycles. The maximum Gasteiger partial charge on any atom is 0.118 e. The molecule has 0 amide bonds. The summed E-state index contributed by atoms with van der Waals surface area (Å²) < 4.78 is 33.8. The van der Waals surface area contributed by atoms with E-state index >= 15 is 0 Å². The molecule has 0 radical (unpaired) electrons. The van der Waals surface area contributed by atoms with Crippen LogP contribution in [0.5, 0.6) is 34.5 Å². The Morgan fingerprint density at radius 1 is 0.206 bits per heavy atom. The van der Waals surface area contributed by atoms with Crippen molar-refractivity contribution in [3.8, 4) is 101 Å². The largest absolute Gasteiger partial charge is 0.497 e. The Balaban J connectivity index is 1.22. The van der Waals surface area contributed by atoms with Crippen LogP contribution in [0, 0.1) is 0 Å². The van der Waals surface area contributed by atoms with Gasteiger partial charge in [0.15, 0.2) is 0 Å². The summed E-state index contributed by atoms with van der Waals surface area (Å²) in [7, 11) is 10.3. The van der Waals surface area contributed by atoms with Crippen LogP contribution in [0.1, 0.15) is 45.2 Å². The SMILES string of the molecule is COc1ccc(-c2cc3c(cc2-c2ccc(OC)cc2)C2c4cc(-c5ccc(OC)cc5)c(-c5ccc(OC)cc5)cc4C3c3cc(-c4ccc(OC)cc4)c(-c4ccc(OC)cc4)cc32)cc1. The van der Waals surface area contributed by atoms with Gasteiger partial charge in [0.05, 0.1) is 42.7 Å². The fourth-order valence-electron chi connectivity index (χ4n) is 10.5. The van der Waals surface area contributed by atoms with E-state index in [9.17, 15) is 0 Å². The Hall–Kier alpha value is -8.22. The van der Waals surface area contributed by atoms with Gasteiger partial charge in [-0.05, 0) is 209 Å². The van der Waals surface area contributed by atoms with Gasteiger partial charge in [0.25, 0.3) is 0 Å². The van der Waals surface area contributed by atoms with Gasteiger partial charge in [0.2, 0.25) is 0 Å². The van der Waals surface area contributed by atoms with E-state index in [-0.39, 0.29) is 11.8 Å². The molecular formula is C62H50O6. The van der Waals surface area contributed by atoms with Crippen LogP contribution in [0.4, 0.5) is 0 Å². The highest BCUT2D eigenvalue weighted by Crippen LogP contribution is 2.60. The lowest BCUT2D eigenvalue weighted by Gasteiger charge is -2.44. The van der Waals surface area contributed by atoms with Gasteiger partial charge >= 0.3 is 0 Å². The van der Waals surface area contributed by atoms with Gasteiger partial charge in [0.1, 0.15) is 34.5 Å². The van der Waals surface area contributed by atoms with E-state index in [4.69, 9.17) is 28.4 Å². The van der Waals surface area contributed by atoms with Gasteiger partial charge in [-0.2, -0.15) is 0 Å². The Bertz CT molecular complexity index is 2720. The molecule has 9 aromatic carbocycles. The quantitative estimate of drug-likeness (QED) is 0.122. The molecule has 0 fully saturated rings. The minimum Gasteiger partial charge on any atom is -0.497 e. The maximum absolute atomic E-state index is 5.64. The zero-order chi connectivity index (χ0) is 46.5. The van der Waals surface area contributed by atoms with Crippen LogP contribution in [0.25, 0.3) is 66.8 Å². The highest BCUT2D eigenvalue weighted by atomic mass is 16.5. The van der Waals surface area contributed by atoms with Gasteiger partial charge in [-0.25, -0.2) is 0 Å². The first-order valence-electron chi connectivity index (χ1n) is 22.8. The number of hydrogen-bond acceptors (Lipinski definition) is 6. The average Bonchev–Trinajstić information content (AvgIpc) is 3.42. The minimum atomic E-state index is -0.0919. The predicted octanol–water partition coefficient (Wildman–Crippen LogP) is 14.7. The minimum absolute atomic E-state index is 0.0919. The van der Waals surface area contributed by atoms with Crippen LogP contribution in [0.2, 0.25) is 0 Å². The van der Waals surface area contributed by atoms with Crippen molar-refractivity contribution in [3.05, 3.63) is 215 Å². The van der Waals surface area contributed by atoms with Crippen LogP contribution in [-0.4, -0.2) is 42.7 Å². The van der Waals surface area contributed by atoms with Crippen molar-refractivity contribution >= 4 is 0 Å². The summed E-state index contributed by atoms with van der Waals surface area (Å²) in [5.41, 5.74) is 21.4. The van der Waals surface area contributed by atoms with E-state index in [1.807, 2.05) is 72.8 Å². The van der Waals surface area contributed by atoms with Crippen molar-refractivity contribution in [1.29, 1.82) is 0 Å².